The maximum Gasteiger partial charge on any atom is 0.237 e. The Kier molecular flexibility index (Phi) is 7.56. The zero-order valence-corrected chi connectivity index (χ0v) is 21.5. The average Bonchev–Trinajstić information content (AvgIpc) is 3.27. The number of nitrogens with zero attached hydrogens (tertiary/aromatic N) is 3. The summed E-state index contributed by atoms with van der Waals surface area (Å²) >= 11 is 1.38. The highest BCUT2D eigenvalue weighted by molar-refractivity contribution is 8.00. The van der Waals surface area contributed by atoms with Crippen LogP contribution in [0.25, 0.3) is 17.1 Å². The molecule has 1 atom stereocenters. The number of nitrogens with one attached hydrogen (secondary N) is 1. The lowest BCUT2D eigenvalue weighted by atomic mass is 10.0. The Morgan fingerprint density at radius 1 is 0.943 bits per heavy atom. The Labute approximate surface area is 210 Å². The van der Waals surface area contributed by atoms with Crippen LogP contribution >= 0.6 is 11.8 Å². The van der Waals surface area contributed by atoms with Crippen LogP contribution < -0.4 is 10.1 Å². The van der Waals surface area contributed by atoms with Crippen molar-refractivity contribution >= 4 is 23.4 Å². The fourth-order valence-corrected chi connectivity index (χ4v) is 4.70. The van der Waals surface area contributed by atoms with Gasteiger partial charge in [-0.25, -0.2) is 0 Å². The molecule has 1 heterocycles. The second-order valence-electron chi connectivity index (χ2n) is 8.67. The molecule has 1 amide bonds. The van der Waals surface area contributed by atoms with Gasteiger partial charge >= 0.3 is 0 Å². The van der Waals surface area contributed by atoms with Crippen LogP contribution in [-0.2, 0) is 4.79 Å². The van der Waals surface area contributed by atoms with E-state index < -0.39 is 5.25 Å². The molecule has 0 radical (unpaired) electrons. The molecule has 0 spiro atoms. The van der Waals surface area contributed by atoms with Crippen molar-refractivity contribution in [2.45, 2.75) is 44.0 Å². The van der Waals surface area contributed by atoms with Crippen LogP contribution in [0.3, 0.4) is 0 Å². The van der Waals surface area contributed by atoms with Crippen molar-refractivity contribution in [3.63, 3.8) is 0 Å². The molecule has 1 unspecified atom stereocenters. The number of rotatable bonds is 8. The molecule has 0 saturated heterocycles. The van der Waals surface area contributed by atoms with Crippen molar-refractivity contribution in [3.8, 4) is 22.8 Å². The van der Waals surface area contributed by atoms with Crippen molar-refractivity contribution in [1.82, 2.24) is 14.8 Å². The van der Waals surface area contributed by atoms with Crippen molar-refractivity contribution in [3.05, 3.63) is 83.9 Å². The monoisotopic (exact) mass is 486 g/mol. The molecule has 0 saturated carbocycles. The zero-order chi connectivity index (χ0) is 24.9. The van der Waals surface area contributed by atoms with E-state index >= 15 is 0 Å². The molecule has 0 fully saturated rings. The Morgan fingerprint density at radius 2 is 1.63 bits per heavy atom. The number of carbonyl (C=O) groups is 1. The number of amides is 1. The van der Waals surface area contributed by atoms with Gasteiger partial charge in [-0.2, -0.15) is 0 Å². The number of aromatic nitrogens is 3. The number of aryl methyl sites for hydroxylation is 1. The molecular weight excluding hydrogens is 456 g/mol. The van der Waals surface area contributed by atoms with Gasteiger partial charge in [-0.05, 0) is 55.7 Å². The summed E-state index contributed by atoms with van der Waals surface area (Å²) in [6.07, 6.45) is 0. The maximum absolute atomic E-state index is 13.2. The van der Waals surface area contributed by atoms with E-state index in [2.05, 4.69) is 41.5 Å². The van der Waals surface area contributed by atoms with Crippen LogP contribution in [0.15, 0.2) is 78.0 Å². The SMILES string of the molecule is COc1ccccc1-c1nnc(SC(C)C(=O)Nc2ccccc2C(C)C)n1-c1ccc(C)cc1. The minimum absolute atomic E-state index is 0.0830. The molecule has 3 aromatic carbocycles. The number of benzene rings is 3. The molecule has 4 aromatic rings. The van der Waals surface area contributed by atoms with Gasteiger partial charge in [-0.15, -0.1) is 10.2 Å². The van der Waals surface area contributed by atoms with Crippen molar-refractivity contribution in [2.75, 3.05) is 12.4 Å². The van der Waals surface area contributed by atoms with Crippen molar-refractivity contribution in [1.29, 1.82) is 0 Å². The summed E-state index contributed by atoms with van der Waals surface area (Å²) in [5.74, 6) is 1.59. The lowest BCUT2D eigenvalue weighted by Crippen LogP contribution is -2.23. The average molecular weight is 487 g/mol. The number of anilines is 1. The lowest BCUT2D eigenvalue weighted by molar-refractivity contribution is -0.115. The molecular formula is C28H30N4O2S. The van der Waals surface area contributed by atoms with Gasteiger partial charge < -0.3 is 10.1 Å². The van der Waals surface area contributed by atoms with Gasteiger partial charge in [0.2, 0.25) is 5.91 Å². The molecule has 6 nitrogen and oxygen atoms in total. The van der Waals surface area contributed by atoms with E-state index in [4.69, 9.17) is 4.74 Å². The molecule has 180 valence electrons. The van der Waals surface area contributed by atoms with Crippen LogP contribution in [0, 0.1) is 6.92 Å². The highest BCUT2D eigenvalue weighted by Gasteiger charge is 2.24. The molecule has 0 aliphatic heterocycles. The number of hydrogen-bond acceptors (Lipinski definition) is 5. The highest BCUT2D eigenvalue weighted by Crippen LogP contribution is 2.35. The molecule has 0 bridgehead atoms. The predicted molar refractivity (Wildman–Crippen MR) is 143 cm³/mol. The first-order valence-electron chi connectivity index (χ1n) is 11.6. The Morgan fingerprint density at radius 3 is 2.34 bits per heavy atom. The Bertz CT molecular complexity index is 1310. The third-order valence-corrected chi connectivity index (χ3v) is 6.81. The molecule has 0 aliphatic rings. The Hall–Kier alpha value is -3.58. The van der Waals surface area contributed by atoms with Gasteiger partial charge in [0.25, 0.3) is 0 Å². The second-order valence-corrected chi connectivity index (χ2v) is 9.98. The Balaban J connectivity index is 1.68. The minimum atomic E-state index is -0.394. The molecule has 0 aliphatic carbocycles. The smallest absolute Gasteiger partial charge is 0.237 e. The summed E-state index contributed by atoms with van der Waals surface area (Å²) in [7, 11) is 1.64. The molecule has 7 heteroatoms. The van der Waals surface area contributed by atoms with Gasteiger partial charge in [-0.1, -0.05) is 73.6 Å². The van der Waals surface area contributed by atoms with Crippen LogP contribution in [0.5, 0.6) is 5.75 Å². The zero-order valence-electron chi connectivity index (χ0n) is 20.6. The number of methoxy groups -OCH3 is 1. The van der Waals surface area contributed by atoms with Gasteiger partial charge in [0.05, 0.1) is 17.9 Å². The predicted octanol–water partition coefficient (Wildman–Crippen LogP) is 6.49. The van der Waals surface area contributed by atoms with Crippen molar-refractivity contribution < 1.29 is 9.53 Å². The normalized spacial score (nSPS) is 11.9. The van der Waals surface area contributed by atoms with E-state index in [1.165, 1.54) is 11.8 Å². The third-order valence-electron chi connectivity index (χ3n) is 5.77. The summed E-state index contributed by atoms with van der Waals surface area (Å²) < 4.78 is 7.56. The minimum Gasteiger partial charge on any atom is -0.496 e. The highest BCUT2D eigenvalue weighted by atomic mass is 32.2. The number of ether oxygens (including phenoxy) is 1. The van der Waals surface area contributed by atoms with Crippen LogP contribution in [0.4, 0.5) is 5.69 Å². The molecule has 4 rings (SSSR count). The quantitative estimate of drug-likeness (QED) is 0.288. The number of thioether (sulfide) groups is 1. The fraction of sp³-hybridized carbons (Fsp3) is 0.250. The number of carbonyl (C=O) groups excluding carboxylic acids is 1. The summed E-state index contributed by atoms with van der Waals surface area (Å²) in [5.41, 5.74) is 4.86. The molecule has 35 heavy (non-hydrogen) atoms. The van der Waals surface area contributed by atoms with Gasteiger partial charge in [-0.3, -0.25) is 9.36 Å². The van der Waals surface area contributed by atoms with Crippen LogP contribution in [0.2, 0.25) is 0 Å². The van der Waals surface area contributed by atoms with Gasteiger partial charge in [0, 0.05) is 11.4 Å². The fourth-order valence-electron chi connectivity index (χ4n) is 3.84. The van der Waals surface area contributed by atoms with E-state index in [1.807, 2.05) is 79.1 Å². The van der Waals surface area contributed by atoms with E-state index in [0.717, 1.165) is 28.1 Å². The largest absolute Gasteiger partial charge is 0.496 e. The van der Waals surface area contributed by atoms with E-state index in [-0.39, 0.29) is 5.91 Å². The summed E-state index contributed by atoms with van der Waals surface area (Å²) in [5, 5.41) is 12.3. The second kappa shape index (κ2) is 10.8. The first-order valence-corrected chi connectivity index (χ1v) is 12.5. The standard InChI is InChI=1S/C28H30N4O2S/c1-18(2)22-10-6-8-12-24(22)29-27(33)20(4)35-28-31-30-26(23-11-7-9-13-25(23)34-5)32(28)21-16-14-19(3)15-17-21/h6-18,20H,1-5H3,(H,29,33). The van der Waals surface area contributed by atoms with E-state index in [0.29, 0.717) is 22.6 Å². The summed E-state index contributed by atoms with van der Waals surface area (Å²) in [6.45, 7) is 8.17. The molecule has 1 N–H and O–H groups in total. The summed E-state index contributed by atoms with van der Waals surface area (Å²) in [6, 6.07) is 23.8. The van der Waals surface area contributed by atoms with E-state index in [1.54, 1.807) is 7.11 Å². The first kappa shape index (κ1) is 24.5. The maximum atomic E-state index is 13.2. The number of hydrogen-bond donors (Lipinski definition) is 1. The third kappa shape index (κ3) is 5.41. The first-order chi connectivity index (χ1) is 16.9. The summed E-state index contributed by atoms with van der Waals surface area (Å²) in [4.78, 5) is 13.2. The van der Waals surface area contributed by atoms with Crippen molar-refractivity contribution in [2.24, 2.45) is 0 Å². The van der Waals surface area contributed by atoms with E-state index in [9.17, 15) is 4.79 Å². The van der Waals surface area contributed by atoms with Crippen LogP contribution in [0.1, 0.15) is 37.8 Å². The molecule has 1 aromatic heterocycles. The van der Waals surface area contributed by atoms with Gasteiger partial charge in [0.15, 0.2) is 11.0 Å². The topological polar surface area (TPSA) is 69.0 Å². The van der Waals surface area contributed by atoms with Crippen LogP contribution in [-0.4, -0.2) is 33.0 Å². The van der Waals surface area contributed by atoms with Gasteiger partial charge in [0.1, 0.15) is 5.75 Å². The number of para-hydroxylation sites is 2. The lowest BCUT2D eigenvalue weighted by Gasteiger charge is -2.17.